The van der Waals surface area contributed by atoms with Gasteiger partial charge in [0.05, 0.1) is 11.0 Å². The van der Waals surface area contributed by atoms with Gasteiger partial charge in [0.1, 0.15) is 0 Å². The van der Waals surface area contributed by atoms with Crippen molar-refractivity contribution in [3.63, 3.8) is 0 Å². The van der Waals surface area contributed by atoms with Crippen LogP contribution in [0.4, 0.5) is 0 Å². The molecule has 1 N–H and O–H groups in total. The van der Waals surface area contributed by atoms with Gasteiger partial charge < -0.3 is 5.32 Å². The molecule has 0 aromatic heterocycles. The van der Waals surface area contributed by atoms with Gasteiger partial charge in [-0.15, -0.1) is 0 Å². The summed E-state index contributed by atoms with van der Waals surface area (Å²) in [6, 6.07) is 0.405. The molecule has 1 aliphatic heterocycles. The van der Waals surface area contributed by atoms with Crippen LogP contribution in [0, 0.1) is 0 Å². The molecule has 3 nitrogen and oxygen atoms in total. The summed E-state index contributed by atoms with van der Waals surface area (Å²) in [6.07, 6.45) is 0. The van der Waals surface area contributed by atoms with Crippen LogP contribution in [-0.2, 0) is 11.0 Å². The number of rotatable bonds is 2. The zero-order chi connectivity index (χ0) is 9.14. The van der Waals surface area contributed by atoms with Gasteiger partial charge in [0.15, 0.2) is 0 Å². The average molecular weight is 190 g/mol. The van der Waals surface area contributed by atoms with Gasteiger partial charge in [-0.25, -0.2) is 8.51 Å². The summed E-state index contributed by atoms with van der Waals surface area (Å²) in [5, 5.41) is 3.52. The number of hydrogen-bond acceptors (Lipinski definition) is 2. The molecule has 12 heavy (non-hydrogen) atoms. The molecule has 0 radical (unpaired) electrons. The van der Waals surface area contributed by atoms with Crippen molar-refractivity contribution in [1.82, 2.24) is 9.62 Å². The van der Waals surface area contributed by atoms with E-state index in [-0.39, 0.29) is 5.25 Å². The molecule has 0 amide bonds. The van der Waals surface area contributed by atoms with E-state index in [0.717, 1.165) is 19.6 Å². The monoisotopic (exact) mass is 190 g/mol. The van der Waals surface area contributed by atoms with Gasteiger partial charge in [0, 0.05) is 30.9 Å². The first-order valence-corrected chi connectivity index (χ1v) is 5.68. The Morgan fingerprint density at radius 1 is 1.58 bits per heavy atom. The van der Waals surface area contributed by atoms with Crippen LogP contribution in [0.3, 0.4) is 0 Å². The SMILES string of the molecule is CC(C)S(=O)N1CCNC[C@H]1C. The van der Waals surface area contributed by atoms with Crippen molar-refractivity contribution in [1.29, 1.82) is 0 Å². The van der Waals surface area contributed by atoms with Gasteiger partial charge in [0.25, 0.3) is 0 Å². The van der Waals surface area contributed by atoms with Crippen LogP contribution in [0.1, 0.15) is 20.8 Å². The number of nitrogens with one attached hydrogen (secondary N) is 1. The van der Waals surface area contributed by atoms with Crippen LogP contribution in [-0.4, -0.2) is 39.4 Å². The van der Waals surface area contributed by atoms with E-state index >= 15 is 0 Å². The second-order valence-corrected chi connectivity index (χ2v) is 5.48. The maximum Gasteiger partial charge on any atom is 0.0972 e. The molecular formula is C8H18N2OS. The van der Waals surface area contributed by atoms with Crippen molar-refractivity contribution in [3.8, 4) is 0 Å². The lowest BCUT2D eigenvalue weighted by Gasteiger charge is -2.33. The molecule has 1 saturated heterocycles. The maximum absolute atomic E-state index is 11.7. The third kappa shape index (κ3) is 2.28. The lowest BCUT2D eigenvalue weighted by atomic mass is 10.3. The predicted molar refractivity (Wildman–Crippen MR) is 52.3 cm³/mol. The van der Waals surface area contributed by atoms with Crippen molar-refractivity contribution < 1.29 is 4.21 Å². The molecule has 0 aromatic carbocycles. The summed E-state index contributed by atoms with van der Waals surface area (Å²) in [4.78, 5) is 0. The van der Waals surface area contributed by atoms with Crippen LogP contribution in [0.15, 0.2) is 0 Å². The predicted octanol–water partition coefficient (Wildman–Crippen LogP) is 0.352. The molecule has 1 heterocycles. The summed E-state index contributed by atoms with van der Waals surface area (Å²) >= 11 is 0. The van der Waals surface area contributed by atoms with Gasteiger partial charge in [-0.05, 0) is 20.8 Å². The normalized spacial score (nSPS) is 29.2. The zero-order valence-corrected chi connectivity index (χ0v) is 8.86. The highest BCUT2D eigenvalue weighted by Gasteiger charge is 2.24. The third-order valence-electron chi connectivity index (χ3n) is 2.07. The molecule has 1 fully saturated rings. The Labute approximate surface area is 77.1 Å². The Morgan fingerprint density at radius 2 is 2.25 bits per heavy atom. The molecule has 2 atom stereocenters. The first kappa shape index (κ1) is 10.2. The summed E-state index contributed by atoms with van der Waals surface area (Å²) in [5.41, 5.74) is 0. The molecule has 1 aliphatic rings. The maximum atomic E-state index is 11.7. The summed E-state index contributed by atoms with van der Waals surface area (Å²) < 4.78 is 13.8. The molecular weight excluding hydrogens is 172 g/mol. The van der Waals surface area contributed by atoms with Crippen LogP contribution < -0.4 is 5.32 Å². The number of piperazine rings is 1. The van der Waals surface area contributed by atoms with Gasteiger partial charge in [-0.2, -0.15) is 0 Å². The topological polar surface area (TPSA) is 32.3 Å². The Kier molecular flexibility index (Phi) is 3.68. The van der Waals surface area contributed by atoms with E-state index in [1.165, 1.54) is 0 Å². The fourth-order valence-electron chi connectivity index (χ4n) is 1.36. The number of hydrogen-bond donors (Lipinski definition) is 1. The zero-order valence-electron chi connectivity index (χ0n) is 8.04. The second-order valence-electron chi connectivity index (χ2n) is 3.52. The van der Waals surface area contributed by atoms with Crippen LogP contribution >= 0.6 is 0 Å². The molecule has 72 valence electrons. The minimum Gasteiger partial charge on any atom is -0.314 e. The summed E-state index contributed by atoms with van der Waals surface area (Å²) in [7, 11) is -0.795. The first-order valence-electron chi connectivity index (χ1n) is 4.51. The standard InChI is InChI=1S/C8H18N2OS/c1-7(2)12(11)10-5-4-9-6-8(10)3/h7-9H,4-6H2,1-3H3/t8-,12?/m1/s1. The molecule has 0 bridgehead atoms. The average Bonchev–Trinajstić information content (AvgIpc) is 2.04. The lowest BCUT2D eigenvalue weighted by Crippen LogP contribution is -2.51. The lowest BCUT2D eigenvalue weighted by molar-refractivity contribution is 0.296. The first-order chi connectivity index (χ1) is 5.63. The highest BCUT2D eigenvalue weighted by atomic mass is 32.2. The van der Waals surface area contributed by atoms with Gasteiger partial charge in [-0.1, -0.05) is 0 Å². The van der Waals surface area contributed by atoms with E-state index in [0.29, 0.717) is 6.04 Å². The van der Waals surface area contributed by atoms with Gasteiger partial charge in [0.2, 0.25) is 0 Å². The van der Waals surface area contributed by atoms with Crippen molar-refractivity contribution in [3.05, 3.63) is 0 Å². The Morgan fingerprint density at radius 3 is 2.75 bits per heavy atom. The van der Waals surface area contributed by atoms with Crippen LogP contribution in [0.25, 0.3) is 0 Å². The Balaban J connectivity index is 2.53. The molecule has 1 rings (SSSR count). The number of nitrogens with zero attached hydrogens (tertiary/aromatic N) is 1. The highest BCUT2D eigenvalue weighted by Crippen LogP contribution is 2.09. The van der Waals surface area contributed by atoms with Crippen molar-refractivity contribution in [2.75, 3.05) is 19.6 Å². The minimum atomic E-state index is -0.795. The molecule has 1 unspecified atom stereocenters. The van der Waals surface area contributed by atoms with E-state index in [4.69, 9.17) is 0 Å². The van der Waals surface area contributed by atoms with E-state index in [1.807, 2.05) is 13.8 Å². The minimum absolute atomic E-state index is 0.241. The fourth-order valence-corrected chi connectivity index (χ4v) is 2.60. The third-order valence-corrected chi connectivity index (χ3v) is 3.89. The molecule has 0 spiro atoms. The van der Waals surface area contributed by atoms with Gasteiger partial charge >= 0.3 is 0 Å². The fraction of sp³-hybridized carbons (Fsp3) is 1.00. The van der Waals surface area contributed by atoms with Crippen molar-refractivity contribution in [2.45, 2.75) is 32.1 Å². The van der Waals surface area contributed by atoms with Crippen molar-refractivity contribution >= 4 is 11.0 Å². The van der Waals surface area contributed by atoms with E-state index in [1.54, 1.807) is 0 Å². The molecule has 0 aromatic rings. The smallest absolute Gasteiger partial charge is 0.0972 e. The van der Waals surface area contributed by atoms with Crippen LogP contribution in [0.5, 0.6) is 0 Å². The summed E-state index contributed by atoms with van der Waals surface area (Å²) in [5.74, 6) is 0. The van der Waals surface area contributed by atoms with E-state index in [2.05, 4.69) is 16.5 Å². The van der Waals surface area contributed by atoms with E-state index < -0.39 is 11.0 Å². The largest absolute Gasteiger partial charge is 0.314 e. The molecule has 0 saturated carbocycles. The highest BCUT2D eigenvalue weighted by molar-refractivity contribution is 7.83. The summed E-state index contributed by atoms with van der Waals surface area (Å²) in [6.45, 7) is 8.95. The Bertz CT molecular complexity index is 172. The van der Waals surface area contributed by atoms with Gasteiger partial charge in [-0.3, -0.25) is 0 Å². The Hall–Kier alpha value is 0.0700. The second kappa shape index (κ2) is 4.35. The quantitative estimate of drug-likeness (QED) is 0.681. The van der Waals surface area contributed by atoms with E-state index in [9.17, 15) is 4.21 Å². The van der Waals surface area contributed by atoms with Crippen molar-refractivity contribution in [2.24, 2.45) is 0 Å². The molecule has 4 heteroatoms. The molecule has 0 aliphatic carbocycles. The van der Waals surface area contributed by atoms with Crippen LogP contribution in [0.2, 0.25) is 0 Å².